The molecule has 1 fully saturated rings. The Morgan fingerprint density at radius 2 is 1.31 bits per heavy atom. The van der Waals surface area contributed by atoms with Crippen molar-refractivity contribution in [2.75, 3.05) is 44.2 Å². The van der Waals surface area contributed by atoms with Gasteiger partial charge in [-0.25, -0.2) is 0 Å². The van der Waals surface area contributed by atoms with Crippen molar-refractivity contribution in [1.29, 1.82) is 0 Å². The van der Waals surface area contributed by atoms with E-state index in [4.69, 9.17) is 0 Å². The molecule has 1 saturated heterocycles. The van der Waals surface area contributed by atoms with Crippen LogP contribution in [0.2, 0.25) is 0 Å². The summed E-state index contributed by atoms with van der Waals surface area (Å²) in [6, 6.07) is 15.9. The van der Waals surface area contributed by atoms with Gasteiger partial charge in [-0.15, -0.1) is 0 Å². The molecule has 2 amide bonds. The summed E-state index contributed by atoms with van der Waals surface area (Å²) in [6.07, 6.45) is 3.01. The molecule has 0 unspecified atom stereocenters. The van der Waals surface area contributed by atoms with Gasteiger partial charge in [-0.1, -0.05) is 36.2 Å². The Balaban J connectivity index is 1.15. The zero-order chi connectivity index (χ0) is 20.2. The molecular weight excluding hydrogens is 362 g/mol. The number of rotatable bonds is 7. The van der Waals surface area contributed by atoms with Crippen LogP contribution in [0.1, 0.15) is 45.5 Å². The molecule has 5 heteroatoms. The third kappa shape index (κ3) is 4.35. The van der Waals surface area contributed by atoms with Gasteiger partial charge in [-0.3, -0.25) is 19.4 Å². The van der Waals surface area contributed by atoms with Crippen LogP contribution >= 0.6 is 0 Å². The summed E-state index contributed by atoms with van der Waals surface area (Å²) in [6.45, 7) is 8.04. The van der Waals surface area contributed by atoms with Crippen LogP contribution in [0, 0.1) is 6.92 Å². The van der Waals surface area contributed by atoms with E-state index < -0.39 is 0 Å². The van der Waals surface area contributed by atoms with Gasteiger partial charge in [-0.05, 0) is 50.6 Å². The van der Waals surface area contributed by atoms with Crippen molar-refractivity contribution in [1.82, 2.24) is 9.80 Å². The largest absolute Gasteiger partial charge is 0.369 e. The number of hydrogen-bond donors (Lipinski definition) is 0. The summed E-state index contributed by atoms with van der Waals surface area (Å²) in [5.41, 5.74) is 3.71. The lowest BCUT2D eigenvalue weighted by Crippen LogP contribution is -2.46. The van der Waals surface area contributed by atoms with E-state index >= 15 is 0 Å². The Morgan fingerprint density at radius 3 is 1.93 bits per heavy atom. The zero-order valence-corrected chi connectivity index (χ0v) is 17.1. The van der Waals surface area contributed by atoms with Crippen LogP contribution in [-0.2, 0) is 0 Å². The first-order valence-electron chi connectivity index (χ1n) is 10.6. The first-order chi connectivity index (χ1) is 14.1. The van der Waals surface area contributed by atoms with Crippen LogP contribution in [-0.4, -0.2) is 60.9 Å². The minimum Gasteiger partial charge on any atom is -0.369 e. The molecule has 2 aliphatic heterocycles. The van der Waals surface area contributed by atoms with Gasteiger partial charge in [0, 0.05) is 38.4 Å². The van der Waals surface area contributed by atoms with E-state index in [1.807, 2.05) is 12.1 Å². The van der Waals surface area contributed by atoms with Crippen molar-refractivity contribution < 1.29 is 9.59 Å². The molecule has 0 N–H and O–H groups in total. The third-order valence-corrected chi connectivity index (χ3v) is 6.01. The number of unbranched alkanes of at least 4 members (excludes halogenated alkanes) is 2. The lowest BCUT2D eigenvalue weighted by molar-refractivity contribution is 0.0651. The number of amides is 2. The summed E-state index contributed by atoms with van der Waals surface area (Å²) < 4.78 is 0. The number of aryl methyl sites for hydroxylation is 1. The fourth-order valence-corrected chi connectivity index (χ4v) is 4.21. The number of nitrogens with zero attached hydrogens (tertiary/aromatic N) is 3. The van der Waals surface area contributed by atoms with Crippen LogP contribution in [0.15, 0.2) is 48.5 Å². The predicted molar refractivity (Wildman–Crippen MR) is 115 cm³/mol. The van der Waals surface area contributed by atoms with Crippen molar-refractivity contribution in [2.24, 2.45) is 0 Å². The summed E-state index contributed by atoms with van der Waals surface area (Å²) in [5, 5.41) is 0. The summed E-state index contributed by atoms with van der Waals surface area (Å²) >= 11 is 0. The van der Waals surface area contributed by atoms with Gasteiger partial charge >= 0.3 is 0 Å². The molecule has 0 spiro atoms. The number of carbonyl (C=O) groups is 2. The summed E-state index contributed by atoms with van der Waals surface area (Å²) in [4.78, 5) is 31.1. The van der Waals surface area contributed by atoms with Crippen LogP contribution in [0.25, 0.3) is 0 Å². The molecule has 0 aromatic heterocycles. The van der Waals surface area contributed by atoms with E-state index in [2.05, 4.69) is 41.0 Å². The molecule has 5 nitrogen and oxygen atoms in total. The normalized spacial score (nSPS) is 17.1. The Kier molecular flexibility index (Phi) is 5.95. The third-order valence-electron chi connectivity index (χ3n) is 6.01. The second kappa shape index (κ2) is 8.78. The number of imide groups is 1. The van der Waals surface area contributed by atoms with E-state index in [1.165, 1.54) is 16.2 Å². The zero-order valence-electron chi connectivity index (χ0n) is 17.1. The fourth-order valence-electron chi connectivity index (χ4n) is 4.21. The Labute approximate surface area is 172 Å². The topological polar surface area (TPSA) is 43.9 Å². The first kappa shape index (κ1) is 19.6. The van der Waals surface area contributed by atoms with Gasteiger partial charge < -0.3 is 4.90 Å². The Hall–Kier alpha value is -2.66. The minimum atomic E-state index is -0.141. The second-order valence-electron chi connectivity index (χ2n) is 8.03. The fraction of sp³-hybridized carbons (Fsp3) is 0.417. The van der Waals surface area contributed by atoms with Gasteiger partial charge in [0.1, 0.15) is 0 Å². The van der Waals surface area contributed by atoms with Crippen LogP contribution < -0.4 is 4.90 Å². The quantitative estimate of drug-likeness (QED) is 0.535. The van der Waals surface area contributed by atoms with Crippen molar-refractivity contribution in [2.45, 2.75) is 26.2 Å². The number of hydrogen-bond acceptors (Lipinski definition) is 4. The van der Waals surface area contributed by atoms with Crippen molar-refractivity contribution in [3.63, 3.8) is 0 Å². The van der Waals surface area contributed by atoms with E-state index in [0.29, 0.717) is 17.7 Å². The molecule has 29 heavy (non-hydrogen) atoms. The standard InChI is InChI=1S/C24H29N3O2/c1-19-9-11-20(12-10-19)26-17-15-25(16-18-26)13-5-2-6-14-27-23(28)21-7-3-4-8-22(21)24(27)29/h3-4,7-12H,2,5-6,13-18H2,1H3. The highest BCUT2D eigenvalue weighted by Gasteiger charge is 2.34. The number of fused-ring (bicyclic) bond motifs is 1. The van der Waals surface area contributed by atoms with Crippen molar-refractivity contribution in [3.8, 4) is 0 Å². The highest BCUT2D eigenvalue weighted by molar-refractivity contribution is 6.21. The maximum Gasteiger partial charge on any atom is 0.261 e. The molecular formula is C24H29N3O2. The van der Waals surface area contributed by atoms with Gasteiger partial charge in [0.05, 0.1) is 11.1 Å². The molecule has 4 rings (SSSR count). The van der Waals surface area contributed by atoms with Gasteiger partial charge in [0.2, 0.25) is 0 Å². The average Bonchev–Trinajstić information content (AvgIpc) is 2.99. The average molecular weight is 392 g/mol. The molecule has 2 aromatic carbocycles. The molecule has 0 radical (unpaired) electrons. The number of anilines is 1. The highest BCUT2D eigenvalue weighted by atomic mass is 16.2. The molecule has 2 aromatic rings. The molecule has 0 atom stereocenters. The van der Waals surface area contributed by atoms with Gasteiger partial charge in [0.15, 0.2) is 0 Å². The summed E-state index contributed by atoms with van der Waals surface area (Å²) in [5.74, 6) is -0.282. The minimum absolute atomic E-state index is 0.141. The van der Waals surface area contributed by atoms with E-state index in [-0.39, 0.29) is 11.8 Å². The number of carbonyl (C=O) groups excluding carboxylic acids is 2. The van der Waals surface area contributed by atoms with E-state index in [0.717, 1.165) is 52.0 Å². The Morgan fingerprint density at radius 1 is 0.724 bits per heavy atom. The number of benzene rings is 2. The Bertz CT molecular complexity index is 835. The predicted octanol–water partition coefficient (Wildman–Crippen LogP) is 3.58. The summed E-state index contributed by atoms with van der Waals surface area (Å²) in [7, 11) is 0. The molecule has 152 valence electrons. The monoisotopic (exact) mass is 391 g/mol. The van der Waals surface area contributed by atoms with Gasteiger partial charge in [-0.2, -0.15) is 0 Å². The molecule has 0 aliphatic carbocycles. The SMILES string of the molecule is Cc1ccc(N2CCN(CCCCCN3C(=O)c4ccccc4C3=O)CC2)cc1. The second-order valence-corrected chi connectivity index (χ2v) is 8.03. The van der Waals surface area contributed by atoms with Crippen molar-refractivity contribution in [3.05, 3.63) is 65.2 Å². The van der Waals surface area contributed by atoms with Crippen molar-refractivity contribution >= 4 is 17.5 Å². The number of piperazine rings is 1. The van der Waals surface area contributed by atoms with E-state index in [1.54, 1.807) is 12.1 Å². The first-order valence-corrected chi connectivity index (χ1v) is 10.6. The highest BCUT2D eigenvalue weighted by Crippen LogP contribution is 2.23. The molecule has 2 heterocycles. The van der Waals surface area contributed by atoms with Crippen LogP contribution in [0.3, 0.4) is 0 Å². The van der Waals surface area contributed by atoms with E-state index in [9.17, 15) is 9.59 Å². The maximum atomic E-state index is 12.4. The molecule has 0 saturated carbocycles. The molecule has 0 bridgehead atoms. The van der Waals surface area contributed by atoms with Gasteiger partial charge in [0.25, 0.3) is 11.8 Å². The smallest absolute Gasteiger partial charge is 0.261 e. The van der Waals surface area contributed by atoms with Crippen LogP contribution in [0.5, 0.6) is 0 Å². The lowest BCUT2D eigenvalue weighted by atomic mass is 10.1. The molecule has 2 aliphatic rings. The lowest BCUT2D eigenvalue weighted by Gasteiger charge is -2.36. The maximum absolute atomic E-state index is 12.4. The van der Waals surface area contributed by atoms with Crippen LogP contribution in [0.4, 0.5) is 5.69 Å².